The second-order valence-electron chi connectivity index (χ2n) is 4.52. The van der Waals surface area contributed by atoms with Crippen molar-refractivity contribution < 1.29 is 18.7 Å². The number of aromatic nitrogens is 2. The molecule has 102 valence electrons. The van der Waals surface area contributed by atoms with Crippen LogP contribution in [-0.2, 0) is 17.8 Å². The SMILES string of the molecule is Cc1nc2cc(C(F)(F)CCC(=O)O)ccc2n1C. The lowest BCUT2D eigenvalue weighted by molar-refractivity contribution is -0.139. The number of aryl methyl sites for hydroxylation is 2. The fourth-order valence-corrected chi connectivity index (χ4v) is 1.96. The number of hydrogen-bond donors (Lipinski definition) is 1. The van der Waals surface area contributed by atoms with Gasteiger partial charge in [-0.15, -0.1) is 0 Å². The summed E-state index contributed by atoms with van der Waals surface area (Å²) in [5, 5.41) is 8.49. The Hall–Kier alpha value is -1.98. The van der Waals surface area contributed by atoms with Gasteiger partial charge in [0.2, 0.25) is 0 Å². The van der Waals surface area contributed by atoms with E-state index in [0.717, 1.165) is 11.3 Å². The van der Waals surface area contributed by atoms with Gasteiger partial charge in [-0.05, 0) is 19.1 Å². The highest BCUT2D eigenvalue weighted by molar-refractivity contribution is 5.77. The molecule has 1 heterocycles. The van der Waals surface area contributed by atoms with Crippen LogP contribution in [0.15, 0.2) is 18.2 Å². The summed E-state index contributed by atoms with van der Waals surface area (Å²) in [5.41, 5.74) is 1.07. The minimum Gasteiger partial charge on any atom is -0.481 e. The normalized spacial score (nSPS) is 12.0. The molecule has 0 saturated heterocycles. The van der Waals surface area contributed by atoms with Crippen LogP contribution in [0.4, 0.5) is 8.78 Å². The van der Waals surface area contributed by atoms with Crippen LogP contribution in [0.25, 0.3) is 11.0 Å². The topological polar surface area (TPSA) is 55.1 Å². The average Bonchev–Trinajstić information content (AvgIpc) is 2.62. The second kappa shape index (κ2) is 4.60. The largest absolute Gasteiger partial charge is 0.481 e. The highest BCUT2D eigenvalue weighted by atomic mass is 19.3. The third-order valence-electron chi connectivity index (χ3n) is 3.18. The van der Waals surface area contributed by atoms with Gasteiger partial charge < -0.3 is 9.67 Å². The lowest BCUT2D eigenvalue weighted by Gasteiger charge is -2.15. The number of rotatable bonds is 4. The molecule has 2 aromatic rings. The van der Waals surface area contributed by atoms with Crippen molar-refractivity contribution in [3.05, 3.63) is 29.6 Å². The smallest absolute Gasteiger partial charge is 0.303 e. The quantitative estimate of drug-likeness (QED) is 0.927. The average molecular weight is 268 g/mol. The number of fused-ring (bicyclic) bond motifs is 1. The Morgan fingerprint density at radius 1 is 1.47 bits per heavy atom. The molecular weight excluding hydrogens is 254 g/mol. The molecular formula is C13H14F2N2O2. The van der Waals surface area contributed by atoms with Gasteiger partial charge in [-0.25, -0.2) is 13.8 Å². The zero-order valence-corrected chi connectivity index (χ0v) is 10.7. The van der Waals surface area contributed by atoms with E-state index >= 15 is 0 Å². The van der Waals surface area contributed by atoms with Crippen molar-refractivity contribution in [1.29, 1.82) is 0 Å². The number of carboxylic acids is 1. The van der Waals surface area contributed by atoms with Crippen LogP contribution in [0.2, 0.25) is 0 Å². The standard InChI is InChI=1S/C13H14F2N2O2/c1-8-16-10-7-9(3-4-11(10)17(8)2)13(14,15)6-5-12(18)19/h3-4,7H,5-6H2,1-2H3,(H,18,19). The summed E-state index contributed by atoms with van der Waals surface area (Å²) in [4.78, 5) is 14.6. The van der Waals surface area contributed by atoms with E-state index in [4.69, 9.17) is 5.11 Å². The van der Waals surface area contributed by atoms with Crippen LogP contribution < -0.4 is 0 Å². The molecule has 1 aromatic carbocycles. The Kier molecular flexibility index (Phi) is 3.26. The lowest BCUT2D eigenvalue weighted by atomic mass is 10.0. The van der Waals surface area contributed by atoms with Crippen molar-refractivity contribution in [3.8, 4) is 0 Å². The summed E-state index contributed by atoms with van der Waals surface area (Å²) in [6, 6.07) is 4.23. The first-order chi connectivity index (χ1) is 8.81. The first-order valence-corrected chi connectivity index (χ1v) is 5.84. The van der Waals surface area contributed by atoms with Crippen LogP contribution in [0.1, 0.15) is 24.2 Å². The molecule has 0 fully saturated rings. The summed E-state index contributed by atoms with van der Waals surface area (Å²) >= 11 is 0. The highest BCUT2D eigenvalue weighted by Crippen LogP contribution is 2.34. The van der Waals surface area contributed by atoms with E-state index in [1.165, 1.54) is 12.1 Å². The van der Waals surface area contributed by atoms with E-state index in [0.29, 0.717) is 5.52 Å². The minimum absolute atomic E-state index is 0.195. The number of alkyl halides is 2. The third kappa shape index (κ3) is 2.57. The molecule has 1 N–H and O–H groups in total. The van der Waals surface area contributed by atoms with Crippen LogP contribution in [0.3, 0.4) is 0 Å². The number of halogens is 2. The molecule has 0 aliphatic rings. The molecule has 0 aliphatic heterocycles. The minimum atomic E-state index is -3.15. The van der Waals surface area contributed by atoms with E-state index in [1.807, 2.05) is 11.6 Å². The summed E-state index contributed by atoms with van der Waals surface area (Å²) in [6.07, 6.45) is -1.27. The fraction of sp³-hybridized carbons (Fsp3) is 0.385. The van der Waals surface area contributed by atoms with Gasteiger partial charge in [-0.1, -0.05) is 6.07 Å². The van der Waals surface area contributed by atoms with E-state index in [9.17, 15) is 13.6 Å². The number of nitrogens with zero attached hydrogens (tertiary/aromatic N) is 2. The number of aliphatic carboxylic acids is 1. The van der Waals surface area contributed by atoms with Crippen molar-refractivity contribution in [2.24, 2.45) is 7.05 Å². The molecule has 0 bridgehead atoms. The zero-order valence-electron chi connectivity index (χ0n) is 10.7. The van der Waals surface area contributed by atoms with Gasteiger partial charge in [0.05, 0.1) is 17.5 Å². The van der Waals surface area contributed by atoms with Gasteiger partial charge in [0, 0.05) is 19.0 Å². The van der Waals surface area contributed by atoms with Gasteiger partial charge in [-0.2, -0.15) is 0 Å². The van der Waals surface area contributed by atoms with Crippen LogP contribution >= 0.6 is 0 Å². The van der Waals surface area contributed by atoms with E-state index in [2.05, 4.69) is 4.98 Å². The Balaban J connectivity index is 2.37. The van der Waals surface area contributed by atoms with Crippen LogP contribution in [0, 0.1) is 6.92 Å². The van der Waals surface area contributed by atoms with Gasteiger partial charge in [0.25, 0.3) is 5.92 Å². The molecule has 0 spiro atoms. The first-order valence-electron chi connectivity index (χ1n) is 5.84. The van der Waals surface area contributed by atoms with Crippen LogP contribution in [-0.4, -0.2) is 20.6 Å². The van der Waals surface area contributed by atoms with Crippen molar-refractivity contribution in [1.82, 2.24) is 9.55 Å². The van der Waals surface area contributed by atoms with Crippen molar-refractivity contribution in [2.45, 2.75) is 25.7 Å². The Bertz CT molecular complexity index is 635. The van der Waals surface area contributed by atoms with Crippen LogP contribution in [0.5, 0.6) is 0 Å². The predicted octanol–water partition coefficient (Wildman–Crippen LogP) is 2.84. The Morgan fingerprint density at radius 2 is 2.16 bits per heavy atom. The summed E-state index contributed by atoms with van der Waals surface area (Å²) in [7, 11) is 1.81. The lowest BCUT2D eigenvalue weighted by Crippen LogP contribution is -2.15. The molecule has 0 radical (unpaired) electrons. The number of carboxylic acid groups (broad SMARTS) is 1. The monoisotopic (exact) mass is 268 g/mol. The Labute approximate surface area is 108 Å². The zero-order chi connectivity index (χ0) is 14.2. The van der Waals surface area contributed by atoms with E-state index in [-0.39, 0.29) is 5.56 Å². The molecule has 2 rings (SSSR count). The number of benzene rings is 1. The number of imidazole rings is 1. The molecule has 0 amide bonds. The fourth-order valence-electron chi connectivity index (χ4n) is 1.96. The molecule has 0 atom stereocenters. The molecule has 6 heteroatoms. The maximum Gasteiger partial charge on any atom is 0.303 e. The van der Waals surface area contributed by atoms with E-state index in [1.54, 1.807) is 13.0 Å². The van der Waals surface area contributed by atoms with Crippen molar-refractivity contribution >= 4 is 17.0 Å². The highest BCUT2D eigenvalue weighted by Gasteiger charge is 2.32. The summed E-state index contributed by atoms with van der Waals surface area (Å²) in [6.45, 7) is 1.79. The maximum atomic E-state index is 13.9. The van der Waals surface area contributed by atoms with Crippen molar-refractivity contribution in [3.63, 3.8) is 0 Å². The van der Waals surface area contributed by atoms with Gasteiger partial charge in [-0.3, -0.25) is 4.79 Å². The van der Waals surface area contributed by atoms with Gasteiger partial charge in [0.15, 0.2) is 0 Å². The molecule has 0 aliphatic carbocycles. The number of carbonyl (C=O) groups is 1. The summed E-state index contributed by atoms with van der Waals surface area (Å²) < 4.78 is 29.5. The molecule has 19 heavy (non-hydrogen) atoms. The molecule has 1 aromatic heterocycles. The maximum absolute atomic E-state index is 13.9. The first kappa shape index (κ1) is 13.5. The molecule has 0 saturated carbocycles. The second-order valence-corrected chi connectivity index (χ2v) is 4.52. The van der Waals surface area contributed by atoms with E-state index < -0.39 is 24.7 Å². The van der Waals surface area contributed by atoms with Crippen molar-refractivity contribution in [2.75, 3.05) is 0 Å². The summed E-state index contributed by atoms with van der Waals surface area (Å²) in [5.74, 6) is -3.65. The predicted molar refractivity (Wildman–Crippen MR) is 66.2 cm³/mol. The van der Waals surface area contributed by atoms with Gasteiger partial charge in [0.1, 0.15) is 5.82 Å². The molecule has 4 nitrogen and oxygen atoms in total. The van der Waals surface area contributed by atoms with Gasteiger partial charge >= 0.3 is 5.97 Å². The number of hydrogen-bond acceptors (Lipinski definition) is 2. The third-order valence-corrected chi connectivity index (χ3v) is 3.18. The molecule has 0 unspecified atom stereocenters. The Morgan fingerprint density at radius 3 is 2.79 bits per heavy atom.